The highest BCUT2D eigenvalue weighted by Crippen LogP contribution is 2.39. The first-order valence-electron chi connectivity index (χ1n) is 5.77. The fraction of sp³-hybridized carbons (Fsp3) is 0.333. The van der Waals surface area contributed by atoms with Crippen LogP contribution in [0.25, 0.3) is 0 Å². The van der Waals surface area contributed by atoms with E-state index >= 15 is 0 Å². The third kappa shape index (κ3) is 2.93. The van der Waals surface area contributed by atoms with Crippen LogP contribution in [0.5, 0.6) is 5.75 Å². The van der Waals surface area contributed by atoms with E-state index in [1.807, 2.05) is 0 Å². The second-order valence-electron chi connectivity index (χ2n) is 4.18. The maximum absolute atomic E-state index is 12.1. The minimum absolute atomic E-state index is 0.0382. The number of phenols is 1. The molecule has 1 aliphatic rings. The smallest absolute Gasteiger partial charge is 0.334 e. The van der Waals surface area contributed by atoms with Crippen molar-refractivity contribution in [2.45, 2.75) is 17.7 Å². The van der Waals surface area contributed by atoms with Crippen LogP contribution in [0.4, 0.5) is 10.5 Å². The molecule has 2 amide bonds. The quantitative estimate of drug-likeness (QED) is 0.827. The molecule has 102 valence electrons. The zero-order valence-corrected chi connectivity index (χ0v) is 11.2. The maximum atomic E-state index is 12.1. The number of urea groups is 1. The Morgan fingerprint density at radius 1 is 1.42 bits per heavy atom. The van der Waals surface area contributed by atoms with Crippen molar-refractivity contribution < 1.29 is 19.8 Å². The molecule has 0 atom stereocenters. The van der Waals surface area contributed by atoms with Gasteiger partial charge in [0.05, 0.1) is 10.6 Å². The number of hydrogen-bond donors (Lipinski definition) is 2. The minimum atomic E-state index is -0.867. The molecule has 2 N–H and O–H groups in total. The highest BCUT2D eigenvalue weighted by molar-refractivity contribution is 7.97. The topological polar surface area (TPSA) is 81.1 Å². The molecule has 1 aromatic carbocycles. The van der Waals surface area contributed by atoms with Gasteiger partial charge in [0.2, 0.25) is 0 Å². The first-order chi connectivity index (χ1) is 8.99. The van der Waals surface area contributed by atoms with Gasteiger partial charge in [-0.2, -0.15) is 0 Å². The lowest BCUT2D eigenvalue weighted by atomic mass is 10.3. The second kappa shape index (κ2) is 5.40. The van der Waals surface area contributed by atoms with Crippen molar-refractivity contribution in [2.24, 2.45) is 0 Å². The first kappa shape index (κ1) is 13.5. The number of rotatable bonds is 4. The number of anilines is 1. The number of nitrogens with zero attached hydrogens (tertiary/aromatic N) is 2. The van der Waals surface area contributed by atoms with E-state index in [1.54, 1.807) is 19.2 Å². The van der Waals surface area contributed by atoms with Gasteiger partial charge in [0.15, 0.2) is 0 Å². The van der Waals surface area contributed by atoms with Crippen LogP contribution in [0.2, 0.25) is 0 Å². The number of benzene rings is 1. The van der Waals surface area contributed by atoms with Gasteiger partial charge < -0.3 is 10.2 Å². The highest BCUT2D eigenvalue weighted by atomic mass is 32.2. The number of aromatic hydroxyl groups is 1. The van der Waals surface area contributed by atoms with Crippen LogP contribution in [-0.2, 0) is 4.79 Å². The van der Waals surface area contributed by atoms with Gasteiger partial charge in [-0.1, -0.05) is 0 Å². The van der Waals surface area contributed by atoms with Gasteiger partial charge in [-0.15, -0.1) is 0 Å². The van der Waals surface area contributed by atoms with Crippen molar-refractivity contribution in [3.8, 4) is 5.75 Å². The Morgan fingerprint density at radius 2 is 2.16 bits per heavy atom. The second-order valence-corrected chi connectivity index (χ2v) is 5.25. The van der Waals surface area contributed by atoms with Crippen LogP contribution < -0.4 is 4.90 Å². The summed E-state index contributed by atoms with van der Waals surface area (Å²) in [6, 6.07) is 4.62. The van der Waals surface area contributed by atoms with Gasteiger partial charge in [0.25, 0.3) is 0 Å². The van der Waals surface area contributed by atoms with Crippen LogP contribution >= 0.6 is 11.9 Å². The number of carboxylic acid groups (broad SMARTS) is 1. The molecule has 6 nitrogen and oxygen atoms in total. The summed E-state index contributed by atoms with van der Waals surface area (Å²) in [4.78, 5) is 24.9. The monoisotopic (exact) mass is 282 g/mol. The molecule has 2 rings (SSSR count). The van der Waals surface area contributed by atoms with Gasteiger partial charge in [-0.3, -0.25) is 14.0 Å². The molecule has 0 fully saturated rings. The molecule has 19 heavy (non-hydrogen) atoms. The Kier molecular flexibility index (Phi) is 3.84. The molecule has 7 heteroatoms. The summed E-state index contributed by atoms with van der Waals surface area (Å²) in [5.74, 6) is -0.758. The summed E-state index contributed by atoms with van der Waals surface area (Å²) < 4.78 is 1.53. The fourth-order valence-electron chi connectivity index (χ4n) is 1.79. The summed E-state index contributed by atoms with van der Waals surface area (Å²) in [5.41, 5.74) is 0.657. The lowest BCUT2D eigenvalue weighted by Gasteiger charge is -2.33. The normalized spacial score (nSPS) is 14.5. The van der Waals surface area contributed by atoms with Gasteiger partial charge in [-0.05, 0) is 30.5 Å². The molecule has 0 radical (unpaired) electrons. The number of phenolic OH excluding ortho intramolecular Hbond substituents is 1. The standard InChI is InChI=1S/C12H14N2O4S/c1-13-9-7-8(15)4-5-10(9)19-14(12(13)18)6-2-3-11(16)17/h4-5,7,15H,2-3,6H2,1H3,(H,16,17). The summed E-state index contributed by atoms with van der Waals surface area (Å²) >= 11 is 1.27. The van der Waals surface area contributed by atoms with Gasteiger partial charge in [-0.25, -0.2) is 4.79 Å². The number of carbonyl (C=O) groups is 2. The molecule has 1 heterocycles. The van der Waals surface area contributed by atoms with Crippen molar-refractivity contribution in [3.05, 3.63) is 18.2 Å². The van der Waals surface area contributed by atoms with E-state index in [1.165, 1.54) is 27.2 Å². The van der Waals surface area contributed by atoms with Crippen molar-refractivity contribution in [3.63, 3.8) is 0 Å². The Labute approximate surface area is 114 Å². The molecule has 0 saturated heterocycles. The molecule has 0 aromatic heterocycles. The Balaban J connectivity index is 2.12. The van der Waals surface area contributed by atoms with E-state index < -0.39 is 5.97 Å². The minimum Gasteiger partial charge on any atom is -0.508 e. The first-order valence-corrected chi connectivity index (χ1v) is 6.54. The summed E-state index contributed by atoms with van der Waals surface area (Å²) in [6.07, 6.45) is 0.450. The average molecular weight is 282 g/mol. The van der Waals surface area contributed by atoms with Crippen LogP contribution in [-0.4, -0.2) is 40.1 Å². The summed E-state index contributed by atoms with van der Waals surface area (Å²) in [7, 11) is 1.63. The van der Waals surface area contributed by atoms with Gasteiger partial charge in [0, 0.05) is 26.1 Å². The van der Waals surface area contributed by atoms with Crippen molar-refractivity contribution >= 4 is 29.6 Å². The molecule has 1 aliphatic heterocycles. The number of carboxylic acids is 1. The summed E-state index contributed by atoms with van der Waals surface area (Å²) in [5, 5.41) is 18.0. The average Bonchev–Trinajstić information content (AvgIpc) is 2.36. The number of aliphatic carboxylic acids is 1. The zero-order valence-electron chi connectivity index (χ0n) is 10.4. The lowest BCUT2D eigenvalue weighted by molar-refractivity contribution is -0.137. The van der Waals surface area contributed by atoms with E-state index in [0.29, 0.717) is 18.7 Å². The summed E-state index contributed by atoms with van der Waals surface area (Å²) in [6.45, 7) is 0.375. The molecule has 1 aromatic rings. The van der Waals surface area contributed by atoms with Crippen molar-refractivity contribution in [2.75, 3.05) is 18.5 Å². The Morgan fingerprint density at radius 3 is 2.84 bits per heavy atom. The molecule has 0 spiro atoms. The molecular weight excluding hydrogens is 268 g/mol. The SMILES string of the molecule is CN1C(=O)N(CCCC(=O)O)Sc2ccc(O)cc21. The predicted molar refractivity (Wildman–Crippen MR) is 71.3 cm³/mol. The van der Waals surface area contributed by atoms with E-state index in [9.17, 15) is 14.7 Å². The predicted octanol–water partition coefficient (Wildman–Crippen LogP) is 2.14. The lowest BCUT2D eigenvalue weighted by Crippen LogP contribution is -2.41. The number of hydrogen-bond acceptors (Lipinski definition) is 4. The maximum Gasteiger partial charge on any atom is 0.334 e. The van der Waals surface area contributed by atoms with E-state index in [0.717, 1.165) is 4.90 Å². The number of carbonyl (C=O) groups excluding carboxylic acids is 1. The molecule has 0 bridgehead atoms. The molecule has 0 aliphatic carbocycles. The van der Waals surface area contributed by atoms with Crippen molar-refractivity contribution in [1.82, 2.24) is 4.31 Å². The van der Waals surface area contributed by atoms with Crippen LogP contribution in [0.1, 0.15) is 12.8 Å². The van der Waals surface area contributed by atoms with Crippen LogP contribution in [0.15, 0.2) is 23.1 Å². The number of amides is 2. The Bertz CT molecular complexity index is 520. The van der Waals surface area contributed by atoms with Crippen LogP contribution in [0.3, 0.4) is 0 Å². The third-order valence-corrected chi connectivity index (χ3v) is 3.87. The molecule has 0 saturated carbocycles. The van der Waals surface area contributed by atoms with Crippen LogP contribution in [0, 0.1) is 0 Å². The largest absolute Gasteiger partial charge is 0.508 e. The van der Waals surface area contributed by atoms with Gasteiger partial charge in [0.1, 0.15) is 5.75 Å². The molecule has 0 unspecified atom stereocenters. The van der Waals surface area contributed by atoms with Gasteiger partial charge >= 0.3 is 12.0 Å². The molecular formula is C12H14N2O4S. The van der Waals surface area contributed by atoms with Crippen molar-refractivity contribution in [1.29, 1.82) is 0 Å². The van der Waals surface area contributed by atoms with E-state index in [-0.39, 0.29) is 18.2 Å². The van der Waals surface area contributed by atoms with E-state index in [2.05, 4.69) is 0 Å². The number of fused-ring (bicyclic) bond motifs is 1. The highest BCUT2D eigenvalue weighted by Gasteiger charge is 2.28. The fourth-order valence-corrected chi connectivity index (χ4v) is 2.87. The third-order valence-electron chi connectivity index (χ3n) is 2.76. The Hall–Kier alpha value is -1.89. The zero-order chi connectivity index (χ0) is 14.0. The van der Waals surface area contributed by atoms with E-state index in [4.69, 9.17) is 5.11 Å².